The van der Waals surface area contributed by atoms with Crippen molar-refractivity contribution in [3.05, 3.63) is 67.0 Å². The molecule has 4 rings (SSSR count). The van der Waals surface area contributed by atoms with Gasteiger partial charge in [0, 0.05) is 30.4 Å². The number of benzene rings is 1. The maximum atomic E-state index is 9.85. The van der Waals surface area contributed by atoms with Crippen molar-refractivity contribution < 1.29 is 5.11 Å². The Hall–Kier alpha value is -2.73. The molecular weight excluding hydrogens is 302 g/mol. The Bertz CT molecular complexity index is 797. The third-order valence-electron chi connectivity index (χ3n) is 4.67. The van der Waals surface area contributed by atoms with Gasteiger partial charge in [-0.3, -0.25) is 4.57 Å². The van der Waals surface area contributed by atoms with Crippen LogP contribution in [0.1, 0.15) is 18.4 Å². The summed E-state index contributed by atoms with van der Waals surface area (Å²) in [5, 5.41) is 13.3. The summed E-state index contributed by atoms with van der Waals surface area (Å²) in [4.78, 5) is 12.6. The number of aromatic nitrogens is 4. The summed E-state index contributed by atoms with van der Waals surface area (Å²) in [5.74, 6) is 1.54. The van der Waals surface area contributed by atoms with E-state index >= 15 is 0 Å². The number of rotatable bonds is 5. The third kappa shape index (κ3) is 2.76. The molecule has 1 aromatic carbocycles. The Balaban J connectivity index is 1.52. The van der Waals surface area contributed by atoms with Crippen molar-refractivity contribution in [3.63, 3.8) is 0 Å². The Morgan fingerprint density at radius 1 is 1.21 bits per heavy atom. The van der Waals surface area contributed by atoms with Crippen LogP contribution in [0.4, 0.5) is 5.82 Å². The van der Waals surface area contributed by atoms with Crippen molar-refractivity contribution in [2.75, 3.05) is 11.9 Å². The predicted molar refractivity (Wildman–Crippen MR) is 91.0 cm³/mol. The molecule has 0 unspecified atom stereocenters. The van der Waals surface area contributed by atoms with Crippen molar-refractivity contribution in [2.45, 2.75) is 24.4 Å². The number of aliphatic hydroxyl groups is 1. The maximum Gasteiger partial charge on any atom is 0.143 e. The van der Waals surface area contributed by atoms with Crippen LogP contribution in [-0.4, -0.2) is 37.3 Å². The van der Waals surface area contributed by atoms with E-state index in [-0.39, 0.29) is 11.5 Å². The first kappa shape index (κ1) is 14.8. The van der Waals surface area contributed by atoms with Gasteiger partial charge in [0.1, 0.15) is 24.3 Å². The number of nitrogens with one attached hydrogen (secondary N) is 1. The number of imidazole rings is 1. The molecule has 0 aliphatic heterocycles. The van der Waals surface area contributed by atoms with Crippen LogP contribution in [0.3, 0.4) is 0 Å². The number of nitrogens with zero attached hydrogens (tertiary/aromatic N) is 4. The Morgan fingerprint density at radius 3 is 2.75 bits per heavy atom. The predicted octanol–water partition coefficient (Wildman–Crippen LogP) is 2.17. The van der Waals surface area contributed by atoms with Gasteiger partial charge in [0.25, 0.3) is 0 Å². The molecule has 122 valence electrons. The monoisotopic (exact) mass is 321 g/mol. The summed E-state index contributed by atoms with van der Waals surface area (Å²) in [6, 6.07) is 12.3. The van der Waals surface area contributed by atoms with Crippen LogP contribution in [0.25, 0.3) is 5.82 Å². The molecule has 1 saturated carbocycles. The lowest BCUT2D eigenvalue weighted by Gasteiger charge is -2.46. The lowest BCUT2D eigenvalue weighted by molar-refractivity contribution is 0.0242. The summed E-state index contributed by atoms with van der Waals surface area (Å²) >= 11 is 0. The normalized spacial score (nSPS) is 22.8. The van der Waals surface area contributed by atoms with E-state index in [9.17, 15) is 5.11 Å². The largest absolute Gasteiger partial charge is 0.393 e. The van der Waals surface area contributed by atoms with Crippen LogP contribution in [0.15, 0.2) is 61.4 Å². The average Bonchev–Trinajstić information content (AvgIpc) is 3.13. The van der Waals surface area contributed by atoms with Gasteiger partial charge in [0.2, 0.25) is 0 Å². The zero-order chi connectivity index (χ0) is 16.4. The molecule has 0 amide bonds. The lowest BCUT2D eigenvalue weighted by Crippen LogP contribution is -2.49. The first-order valence-corrected chi connectivity index (χ1v) is 8.03. The molecule has 24 heavy (non-hydrogen) atoms. The highest BCUT2D eigenvalue weighted by molar-refractivity contribution is 5.42. The van der Waals surface area contributed by atoms with Crippen molar-refractivity contribution in [2.24, 2.45) is 0 Å². The Kier molecular flexibility index (Phi) is 3.74. The van der Waals surface area contributed by atoms with E-state index in [4.69, 9.17) is 0 Å². The molecule has 2 N–H and O–H groups in total. The van der Waals surface area contributed by atoms with E-state index in [1.165, 1.54) is 5.56 Å². The van der Waals surface area contributed by atoms with Gasteiger partial charge in [-0.1, -0.05) is 30.3 Å². The number of anilines is 1. The van der Waals surface area contributed by atoms with Gasteiger partial charge < -0.3 is 10.4 Å². The van der Waals surface area contributed by atoms with Crippen molar-refractivity contribution in [3.8, 4) is 5.82 Å². The first-order chi connectivity index (χ1) is 11.8. The third-order valence-corrected chi connectivity index (χ3v) is 4.67. The van der Waals surface area contributed by atoms with Gasteiger partial charge in [-0.05, 0) is 18.4 Å². The highest BCUT2D eigenvalue weighted by atomic mass is 16.3. The van der Waals surface area contributed by atoms with Crippen LogP contribution in [0.2, 0.25) is 0 Å². The molecule has 1 fully saturated rings. The van der Waals surface area contributed by atoms with E-state index in [0.717, 1.165) is 31.0 Å². The van der Waals surface area contributed by atoms with Gasteiger partial charge in [-0.15, -0.1) is 0 Å². The highest BCUT2D eigenvalue weighted by Gasteiger charge is 2.44. The zero-order valence-corrected chi connectivity index (χ0v) is 13.2. The summed E-state index contributed by atoms with van der Waals surface area (Å²) in [7, 11) is 0. The minimum atomic E-state index is -0.223. The molecule has 3 aromatic rings. The van der Waals surface area contributed by atoms with E-state index in [1.54, 1.807) is 18.9 Å². The molecule has 1 aliphatic carbocycles. The maximum absolute atomic E-state index is 9.85. The second kappa shape index (κ2) is 6.05. The Morgan fingerprint density at radius 2 is 2.04 bits per heavy atom. The first-order valence-electron chi connectivity index (χ1n) is 8.03. The van der Waals surface area contributed by atoms with Crippen LogP contribution in [0.5, 0.6) is 0 Å². The summed E-state index contributed by atoms with van der Waals surface area (Å²) in [6.45, 7) is 0.731. The molecule has 0 spiro atoms. The van der Waals surface area contributed by atoms with Gasteiger partial charge in [0.05, 0.1) is 6.10 Å². The average molecular weight is 321 g/mol. The Labute approximate surface area is 140 Å². The molecule has 6 heteroatoms. The molecule has 1 aliphatic rings. The van der Waals surface area contributed by atoms with Crippen LogP contribution < -0.4 is 5.32 Å². The smallest absolute Gasteiger partial charge is 0.143 e. The fourth-order valence-corrected chi connectivity index (χ4v) is 3.36. The minimum absolute atomic E-state index is 0.0409. The van der Waals surface area contributed by atoms with Crippen LogP contribution in [0, 0.1) is 0 Å². The molecule has 2 aromatic heterocycles. The molecule has 0 bridgehead atoms. The van der Waals surface area contributed by atoms with Crippen molar-refractivity contribution in [1.82, 2.24) is 19.5 Å². The zero-order valence-electron chi connectivity index (χ0n) is 13.2. The van der Waals surface area contributed by atoms with Gasteiger partial charge >= 0.3 is 0 Å². The summed E-state index contributed by atoms with van der Waals surface area (Å²) < 4.78 is 1.84. The standard InChI is InChI=1S/C18H19N5O/c24-15-9-18(10-15,14-4-2-1-3-5-14)11-20-16-8-17(22-12-21-16)23-7-6-19-13-23/h1-8,12-13,15,24H,9-11H2,(H,20,21,22). The van der Waals surface area contributed by atoms with E-state index in [2.05, 4.69) is 32.4 Å². The van der Waals surface area contributed by atoms with Crippen molar-refractivity contribution in [1.29, 1.82) is 0 Å². The second-order valence-electron chi connectivity index (χ2n) is 6.29. The molecule has 0 radical (unpaired) electrons. The highest BCUT2D eigenvalue weighted by Crippen LogP contribution is 2.43. The number of hydrogen-bond acceptors (Lipinski definition) is 5. The molecule has 6 nitrogen and oxygen atoms in total. The quantitative estimate of drug-likeness (QED) is 0.753. The lowest BCUT2D eigenvalue weighted by atomic mass is 9.62. The summed E-state index contributed by atoms with van der Waals surface area (Å²) in [5.41, 5.74) is 1.22. The fraction of sp³-hybridized carbons (Fsp3) is 0.278. The van der Waals surface area contributed by atoms with E-state index < -0.39 is 0 Å². The van der Waals surface area contributed by atoms with Gasteiger partial charge in [-0.25, -0.2) is 15.0 Å². The van der Waals surface area contributed by atoms with Gasteiger partial charge in [-0.2, -0.15) is 0 Å². The fourth-order valence-electron chi connectivity index (χ4n) is 3.36. The molecule has 0 saturated heterocycles. The minimum Gasteiger partial charge on any atom is -0.393 e. The molecular formula is C18H19N5O. The van der Waals surface area contributed by atoms with Crippen LogP contribution in [-0.2, 0) is 5.41 Å². The van der Waals surface area contributed by atoms with E-state index in [1.807, 2.05) is 35.0 Å². The SMILES string of the molecule is OC1CC(CNc2cc(-n3ccnc3)ncn2)(c2ccccc2)C1. The van der Waals surface area contributed by atoms with Crippen LogP contribution >= 0.6 is 0 Å². The topological polar surface area (TPSA) is 75.9 Å². The number of aliphatic hydroxyl groups excluding tert-OH is 1. The molecule has 0 atom stereocenters. The molecule has 2 heterocycles. The number of hydrogen-bond donors (Lipinski definition) is 2. The summed E-state index contributed by atoms with van der Waals surface area (Å²) in [6.07, 6.45) is 8.13. The van der Waals surface area contributed by atoms with Gasteiger partial charge in [0.15, 0.2) is 0 Å². The second-order valence-corrected chi connectivity index (χ2v) is 6.29. The van der Waals surface area contributed by atoms with Crippen molar-refractivity contribution >= 4 is 5.82 Å². The van der Waals surface area contributed by atoms with E-state index in [0.29, 0.717) is 0 Å².